The number of hydrogen-bond acceptors (Lipinski definition) is 6. The minimum Gasteiger partial charge on any atom is -0.490 e. The molecule has 5 nitrogen and oxygen atoms in total. The molecule has 1 aromatic heterocycles. The number of aryl methyl sites for hydroxylation is 2. The van der Waals surface area contributed by atoms with Crippen molar-refractivity contribution in [3.63, 3.8) is 0 Å². The maximum Gasteiger partial charge on any atom is 0.273 e. The van der Waals surface area contributed by atoms with Gasteiger partial charge in [-0.2, -0.15) is 0 Å². The number of hydrogen-bond donors (Lipinski definition) is 0. The van der Waals surface area contributed by atoms with Crippen LogP contribution in [-0.2, 0) is 11.3 Å². The van der Waals surface area contributed by atoms with Gasteiger partial charge in [-0.15, -0.1) is 0 Å². The predicted octanol–water partition coefficient (Wildman–Crippen LogP) is 4.32. The lowest BCUT2D eigenvalue weighted by molar-refractivity contribution is 0.215. The number of aromatic nitrogens is 1. The van der Waals surface area contributed by atoms with Crippen molar-refractivity contribution in [2.24, 2.45) is 5.16 Å². The summed E-state index contributed by atoms with van der Waals surface area (Å²) in [4.78, 5) is 8.96. The summed E-state index contributed by atoms with van der Waals surface area (Å²) in [5, 5.41) is 6.21. The van der Waals surface area contributed by atoms with E-state index in [0.717, 1.165) is 17.9 Å². The summed E-state index contributed by atoms with van der Waals surface area (Å²) in [7, 11) is 1.50. The van der Waals surface area contributed by atoms with Gasteiger partial charge in [0.1, 0.15) is 19.5 Å². The molecule has 2 aromatic rings. The van der Waals surface area contributed by atoms with E-state index in [4.69, 9.17) is 9.47 Å². The molecule has 0 aliphatic carbocycles. The van der Waals surface area contributed by atoms with Crippen molar-refractivity contribution < 1.29 is 14.3 Å². The third kappa shape index (κ3) is 5.90. The zero-order chi connectivity index (χ0) is 18.1. The Morgan fingerprint density at radius 2 is 1.96 bits per heavy atom. The second-order valence-corrected chi connectivity index (χ2v) is 6.29. The molecule has 0 saturated carbocycles. The fourth-order valence-electron chi connectivity index (χ4n) is 2.41. The lowest BCUT2D eigenvalue weighted by Gasteiger charge is -2.13. The molecular weight excluding hydrogens is 336 g/mol. The van der Waals surface area contributed by atoms with E-state index in [1.165, 1.54) is 35.1 Å². The van der Waals surface area contributed by atoms with Crippen LogP contribution in [0.3, 0.4) is 0 Å². The van der Waals surface area contributed by atoms with Crippen molar-refractivity contribution in [2.45, 2.75) is 27.2 Å². The molecule has 0 radical (unpaired) electrons. The van der Waals surface area contributed by atoms with Gasteiger partial charge < -0.3 is 14.3 Å². The number of nitrogens with zero attached hydrogens (tertiary/aromatic N) is 2. The minimum atomic E-state index is 0.578. The van der Waals surface area contributed by atoms with Gasteiger partial charge in [0.15, 0.2) is 0 Å². The number of rotatable bonds is 9. The highest BCUT2D eigenvalue weighted by Gasteiger charge is 2.08. The topological polar surface area (TPSA) is 52.9 Å². The molecule has 0 N–H and O–H groups in total. The van der Waals surface area contributed by atoms with Crippen molar-refractivity contribution >= 4 is 17.6 Å². The first-order valence-corrected chi connectivity index (χ1v) is 9.01. The molecule has 0 aliphatic heterocycles. The van der Waals surface area contributed by atoms with Crippen molar-refractivity contribution in [3.05, 3.63) is 52.0 Å². The van der Waals surface area contributed by atoms with E-state index in [1.54, 1.807) is 6.21 Å². The fourth-order valence-corrected chi connectivity index (χ4v) is 3.06. The van der Waals surface area contributed by atoms with E-state index in [9.17, 15) is 0 Å². The molecule has 25 heavy (non-hydrogen) atoms. The van der Waals surface area contributed by atoms with Gasteiger partial charge in [0.25, 0.3) is 5.19 Å². The zero-order valence-electron chi connectivity index (χ0n) is 15.1. The van der Waals surface area contributed by atoms with Crippen LogP contribution in [0.4, 0.5) is 0 Å². The van der Waals surface area contributed by atoms with Gasteiger partial charge in [0.05, 0.1) is 18.5 Å². The van der Waals surface area contributed by atoms with Gasteiger partial charge >= 0.3 is 0 Å². The highest BCUT2D eigenvalue weighted by molar-refractivity contribution is 7.11. The summed E-state index contributed by atoms with van der Waals surface area (Å²) in [6.07, 6.45) is 6.36. The molecule has 6 heteroatoms. The van der Waals surface area contributed by atoms with E-state index < -0.39 is 0 Å². The van der Waals surface area contributed by atoms with Crippen LogP contribution in [0.25, 0.3) is 0 Å². The Hall–Kier alpha value is -2.34. The quantitative estimate of drug-likeness (QED) is 0.380. The summed E-state index contributed by atoms with van der Waals surface area (Å²) in [6, 6.07) is 4.16. The van der Waals surface area contributed by atoms with Gasteiger partial charge in [-0.1, -0.05) is 28.6 Å². The highest BCUT2D eigenvalue weighted by atomic mass is 32.1. The van der Waals surface area contributed by atoms with Crippen LogP contribution in [-0.4, -0.2) is 31.5 Å². The van der Waals surface area contributed by atoms with Crippen LogP contribution in [0.5, 0.6) is 10.9 Å². The summed E-state index contributed by atoms with van der Waals surface area (Å²) < 4.78 is 11.5. The zero-order valence-corrected chi connectivity index (χ0v) is 15.9. The van der Waals surface area contributed by atoms with E-state index in [1.807, 2.05) is 24.5 Å². The number of ether oxygens (including phenoxy) is 2. The molecule has 0 amide bonds. The van der Waals surface area contributed by atoms with Crippen LogP contribution in [0.1, 0.15) is 29.3 Å². The lowest BCUT2D eigenvalue weighted by Crippen LogP contribution is -2.05. The van der Waals surface area contributed by atoms with Crippen LogP contribution < -0.4 is 9.47 Å². The molecule has 134 valence electrons. The molecule has 0 unspecified atom stereocenters. The molecule has 1 heterocycles. The molecule has 2 rings (SSSR count). The van der Waals surface area contributed by atoms with Gasteiger partial charge in [-0.25, -0.2) is 4.98 Å². The van der Waals surface area contributed by atoms with Crippen LogP contribution in [0, 0.1) is 13.8 Å². The van der Waals surface area contributed by atoms with Gasteiger partial charge in [-0.3, -0.25) is 0 Å². The van der Waals surface area contributed by atoms with E-state index in [-0.39, 0.29) is 0 Å². The molecule has 0 fully saturated rings. The molecule has 0 saturated heterocycles. The summed E-state index contributed by atoms with van der Waals surface area (Å²) in [5.41, 5.74) is 4.45. The Bertz CT molecular complexity index is 715. The molecule has 0 atom stereocenters. The smallest absolute Gasteiger partial charge is 0.273 e. The number of benzene rings is 1. The Morgan fingerprint density at radius 1 is 1.20 bits per heavy atom. The lowest BCUT2D eigenvalue weighted by atomic mass is 10.00. The molecule has 0 spiro atoms. The standard InChI is InChI=1S/C19H24N2O3S/c1-5-6-8-23-17-10-14(2)18(15(3)11-17)7-9-24-19-21-16(13-25-19)12-20-22-4/h5-6,10-13H,7-9H2,1-4H3/b6-5+,20-12?. The SMILES string of the molecule is C/C=C/COc1cc(C)c(CCOc2nc(C=NOC)cs2)c(C)c1. The maximum atomic E-state index is 5.75. The third-order valence-electron chi connectivity index (χ3n) is 3.62. The second-order valence-electron chi connectivity index (χ2n) is 5.47. The molecule has 1 aromatic carbocycles. The number of thiazole rings is 1. The van der Waals surface area contributed by atoms with Gasteiger partial charge in [-0.05, 0) is 49.6 Å². The van der Waals surface area contributed by atoms with Crippen LogP contribution in [0.15, 0.2) is 34.8 Å². The normalized spacial score (nSPS) is 11.4. The highest BCUT2D eigenvalue weighted by Crippen LogP contribution is 2.23. The Balaban J connectivity index is 1.91. The molecule has 0 aliphatic rings. The van der Waals surface area contributed by atoms with Crippen molar-refractivity contribution in [3.8, 4) is 10.9 Å². The van der Waals surface area contributed by atoms with Crippen molar-refractivity contribution in [1.29, 1.82) is 0 Å². The van der Waals surface area contributed by atoms with Crippen LogP contribution >= 0.6 is 11.3 Å². The number of allylic oxidation sites excluding steroid dienone is 1. The van der Waals surface area contributed by atoms with E-state index in [2.05, 4.69) is 41.0 Å². The van der Waals surface area contributed by atoms with E-state index >= 15 is 0 Å². The molecule has 0 bridgehead atoms. The first-order valence-electron chi connectivity index (χ1n) is 8.13. The Kier molecular flexibility index (Phi) is 7.47. The van der Waals surface area contributed by atoms with Crippen molar-refractivity contribution in [2.75, 3.05) is 20.3 Å². The molecular formula is C19H24N2O3S. The first kappa shape index (κ1) is 19.0. The average molecular weight is 360 g/mol. The second kappa shape index (κ2) is 9.84. The maximum absolute atomic E-state index is 5.75. The van der Waals surface area contributed by atoms with E-state index in [0.29, 0.717) is 18.4 Å². The first-order chi connectivity index (χ1) is 12.1. The largest absolute Gasteiger partial charge is 0.490 e. The summed E-state index contributed by atoms with van der Waals surface area (Å²) in [5.74, 6) is 0.903. The predicted molar refractivity (Wildman–Crippen MR) is 102 cm³/mol. The van der Waals surface area contributed by atoms with Crippen molar-refractivity contribution in [1.82, 2.24) is 4.98 Å². The van der Waals surface area contributed by atoms with Gasteiger partial charge in [0, 0.05) is 11.8 Å². The number of oxime groups is 1. The average Bonchev–Trinajstić information content (AvgIpc) is 3.03. The Labute approximate surface area is 152 Å². The van der Waals surface area contributed by atoms with Crippen LogP contribution in [0.2, 0.25) is 0 Å². The fraction of sp³-hybridized carbons (Fsp3) is 0.368. The summed E-state index contributed by atoms with van der Waals surface area (Å²) >= 11 is 1.45. The third-order valence-corrected chi connectivity index (χ3v) is 4.39. The minimum absolute atomic E-state index is 0.578. The summed E-state index contributed by atoms with van der Waals surface area (Å²) in [6.45, 7) is 7.37. The van der Waals surface area contributed by atoms with Gasteiger partial charge in [0.2, 0.25) is 0 Å². The Morgan fingerprint density at radius 3 is 2.64 bits per heavy atom. The monoisotopic (exact) mass is 360 g/mol.